The van der Waals surface area contributed by atoms with Crippen LogP contribution in [0.1, 0.15) is 16.1 Å². The van der Waals surface area contributed by atoms with Gasteiger partial charge >= 0.3 is 5.97 Å². The third-order valence-corrected chi connectivity index (χ3v) is 4.41. The Morgan fingerprint density at radius 2 is 1.52 bits per heavy atom. The fourth-order valence-corrected chi connectivity index (χ4v) is 2.89. The number of hydrogen-bond acceptors (Lipinski definition) is 3. The van der Waals surface area contributed by atoms with E-state index in [4.69, 9.17) is 4.74 Å². The van der Waals surface area contributed by atoms with Crippen LogP contribution in [-0.2, 0) is 0 Å². The molecule has 0 aliphatic carbocycles. The molecule has 144 valence electrons. The summed E-state index contributed by atoms with van der Waals surface area (Å²) in [5.74, 6) is -0.124. The second-order valence-electron chi connectivity index (χ2n) is 6.55. The topological polar surface area (TPSA) is 64.3 Å². The first-order valence-corrected chi connectivity index (χ1v) is 8.94. The van der Waals surface area contributed by atoms with Crippen molar-refractivity contribution in [2.45, 2.75) is 6.92 Å². The fraction of sp³-hybridized carbons (Fsp3) is 0.0435. The Balaban J connectivity index is 1.62. The van der Waals surface area contributed by atoms with Crippen molar-refractivity contribution < 1.29 is 19.0 Å². The van der Waals surface area contributed by atoms with Crippen molar-refractivity contribution in [2.24, 2.45) is 0 Å². The molecule has 0 fully saturated rings. The smallest absolute Gasteiger partial charge is 0.354 e. The number of halogens is 1. The summed E-state index contributed by atoms with van der Waals surface area (Å²) in [7, 11) is 0. The lowest BCUT2D eigenvalue weighted by molar-refractivity contribution is 0.0687. The average Bonchev–Trinajstić information content (AvgIpc) is 3.17. The van der Waals surface area contributed by atoms with Crippen LogP contribution in [0.5, 0.6) is 11.5 Å². The molecule has 0 radical (unpaired) electrons. The van der Waals surface area contributed by atoms with Crippen molar-refractivity contribution in [3.8, 4) is 28.4 Å². The molecule has 4 aromatic rings. The summed E-state index contributed by atoms with van der Waals surface area (Å²) in [5, 5.41) is 13.9. The number of aromatic nitrogens is 2. The Labute approximate surface area is 166 Å². The van der Waals surface area contributed by atoms with E-state index in [1.165, 1.54) is 35.0 Å². The molecule has 6 heteroatoms. The highest BCUT2D eigenvalue weighted by Gasteiger charge is 2.17. The van der Waals surface area contributed by atoms with Gasteiger partial charge in [0.05, 0.1) is 11.4 Å². The van der Waals surface area contributed by atoms with Crippen LogP contribution in [0.2, 0.25) is 0 Å². The highest BCUT2D eigenvalue weighted by Crippen LogP contribution is 2.27. The molecule has 4 rings (SSSR count). The molecule has 0 spiro atoms. The maximum absolute atomic E-state index is 13.2. The van der Waals surface area contributed by atoms with Gasteiger partial charge < -0.3 is 9.84 Å². The van der Waals surface area contributed by atoms with Crippen LogP contribution in [0.15, 0.2) is 78.9 Å². The minimum absolute atomic E-state index is 0.00779. The Morgan fingerprint density at radius 3 is 2.10 bits per heavy atom. The van der Waals surface area contributed by atoms with E-state index >= 15 is 0 Å². The van der Waals surface area contributed by atoms with Crippen molar-refractivity contribution in [3.63, 3.8) is 0 Å². The summed E-state index contributed by atoms with van der Waals surface area (Å²) >= 11 is 0. The number of aromatic carboxylic acids is 1. The molecule has 0 unspecified atom stereocenters. The van der Waals surface area contributed by atoms with Gasteiger partial charge in [0.2, 0.25) is 0 Å². The monoisotopic (exact) mass is 388 g/mol. The first-order chi connectivity index (χ1) is 14.0. The predicted octanol–water partition coefficient (Wildman–Crippen LogP) is 5.48. The summed E-state index contributed by atoms with van der Waals surface area (Å²) in [6.45, 7) is 2.01. The number of hydrogen-bond donors (Lipinski definition) is 1. The van der Waals surface area contributed by atoms with Gasteiger partial charge in [0.1, 0.15) is 17.3 Å². The normalized spacial score (nSPS) is 10.7. The van der Waals surface area contributed by atoms with E-state index in [2.05, 4.69) is 5.10 Å². The number of carbonyl (C=O) groups is 1. The molecule has 1 N–H and O–H groups in total. The van der Waals surface area contributed by atoms with Crippen molar-refractivity contribution in [2.75, 3.05) is 0 Å². The molecule has 5 nitrogen and oxygen atoms in total. The van der Waals surface area contributed by atoms with Crippen molar-refractivity contribution in [3.05, 3.63) is 95.9 Å². The maximum Gasteiger partial charge on any atom is 0.354 e. The number of rotatable bonds is 5. The van der Waals surface area contributed by atoms with E-state index in [0.29, 0.717) is 17.1 Å². The van der Waals surface area contributed by atoms with E-state index in [-0.39, 0.29) is 5.69 Å². The van der Waals surface area contributed by atoms with Crippen LogP contribution in [0.4, 0.5) is 4.39 Å². The molecule has 0 atom stereocenters. The number of carboxylic acids is 1. The molecule has 3 aromatic carbocycles. The summed E-state index contributed by atoms with van der Waals surface area (Å²) in [6, 6.07) is 21.9. The molecule has 1 aromatic heterocycles. The lowest BCUT2D eigenvalue weighted by Crippen LogP contribution is -2.07. The van der Waals surface area contributed by atoms with Crippen molar-refractivity contribution in [1.29, 1.82) is 0 Å². The molecule has 0 saturated carbocycles. The fourth-order valence-electron chi connectivity index (χ4n) is 2.89. The average molecular weight is 388 g/mol. The number of aryl methyl sites for hydroxylation is 1. The van der Waals surface area contributed by atoms with Crippen molar-refractivity contribution >= 4 is 5.97 Å². The summed E-state index contributed by atoms with van der Waals surface area (Å²) in [5.41, 5.74) is 2.85. The Morgan fingerprint density at radius 1 is 0.931 bits per heavy atom. The number of carboxylic acid groups (broad SMARTS) is 1. The van der Waals surface area contributed by atoms with Crippen LogP contribution in [0, 0.1) is 12.7 Å². The van der Waals surface area contributed by atoms with E-state index in [0.717, 1.165) is 16.9 Å². The highest BCUT2D eigenvalue weighted by molar-refractivity contribution is 5.88. The third-order valence-electron chi connectivity index (χ3n) is 4.41. The Bertz CT molecular complexity index is 1150. The Hall–Kier alpha value is -3.93. The second-order valence-corrected chi connectivity index (χ2v) is 6.55. The first-order valence-electron chi connectivity index (χ1n) is 8.94. The highest BCUT2D eigenvalue weighted by atomic mass is 19.1. The van der Waals surface area contributed by atoms with Gasteiger partial charge in [-0.25, -0.2) is 13.9 Å². The van der Waals surface area contributed by atoms with Crippen LogP contribution in [0.25, 0.3) is 16.9 Å². The predicted molar refractivity (Wildman–Crippen MR) is 107 cm³/mol. The quantitative estimate of drug-likeness (QED) is 0.492. The molecule has 0 bridgehead atoms. The van der Waals surface area contributed by atoms with Crippen LogP contribution < -0.4 is 4.74 Å². The van der Waals surface area contributed by atoms with Gasteiger partial charge in [-0.15, -0.1) is 0 Å². The molecule has 1 heterocycles. The molecule has 29 heavy (non-hydrogen) atoms. The molecule has 0 amide bonds. The summed E-state index contributed by atoms with van der Waals surface area (Å²) < 4.78 is 20.3. The lowest BCUT2D eigenvalue weighted by atomic mass is 10.1. The molecular formula is C23H17FN2O3. The zero-order chi connectivity index (χ0) is 20.4. The maximum atomic E-state index is 13.2. The van der Waals surface area contributed by atoms with E-state index in [1.807, 2.05) is 43.3 Å². The second kappa shape index (κ2) is 7.59. The van der Waals surface area contributed by atoms with E-state index in [1.54, 1.807) is 12.1 Å². The van der Waals surface area contributed by atoms with Gasteiger partial charge in [0, 0.05) is 5.56 Å². The number of benzene rings is 3. The summed E-state index contributed by atoms with van der Waals surface area (Å²) in [6.07, 6.45) is 0. The standard InChI is InChI=1S/C23H17FN2O3/c1-15-2-10-19(11-3-15)29-20-12-4-16(5-13-20)21-14-22(23(27)28)26(25-21)18-8-6-17(24)7-9-18/h2-14H,1H3,(H,27,28). The van der Waals surface area contributed by atoms with Gasteiger partial charge in [0.15, 0.2) is 5.69 Å². The zero-order valence-corrected chi connectivity index (χ0v) is 15.5. The van der Waals surface area contributed by atoms with Crippen LogP contribution >= 0.6 is 0 Å². The zero-order valence-electron chi connectivity index (χ0n) is 15.5. The lowest BCUT2D eigenvalue weighted by Gasteiger charge is -2.06. The van der Waals surface area contributed by atoms with Crippen LogP contribution in [-0.4, -0.2) is 20.9 Å². The van der Waals surface area contributed by atoms with Gasteiger partial charge in [0.25, 0.3) is 0 Å². The summed E-state index contributed by atoms with van der Waals surface area (Å²) in [4.78, 5) is 11.6. The SMILES string of the molecule is Cc1ccc(Oc2ccc(-c3cc(C(=O)O)n(-c4ccc(F)cc4)n3)cc2)cc1. The van der Waals surface area contributed by atoms with Crippen molar-refractivity contribution in [1.82, 2.24) is 9.78 Å². The van der Waals surface area contributed by atoms with E-state index in [9.17, 15) is 14.3 Å². The molecule has 0 aliphatic rings. The van der Waals surface area contributed by atoms with Gasteiger partial charge in [-0.3, -0.25) is 0 Å². The molecular weight excluding hydrogens is 371 g/mol. The Kier molecular flexibility index (Phi) is 4.83. The van der Waals surface area contributed by atoms with Crippen LogP contribution in [0.3, 0.4) is 0 Å². The first kappa shape index (κ1) is 18.4. The number of nitrogens with zero attached hydrogens (tertiary/aromatic N) is 2. The molecule has 0 aliphatic heterocycles. The van der Waals surface area contributed by atoms with Gasteiger partial charge in [-0.2, -0.15) is 5.10 Å². The third kappa shape index (κ3) is 4.01. The van der Waals surface area contributed by atoms with Gasteiger partial charge in [-0.1, -0.05) is 17.7 Å². The number of ether oxygens (including phenoxy) is 1. The minimum atomic E-state index is -1.12. The largest absolute Gasteiger partial charge is 0.477 e. The van der Waals surface area contributed by atoms with E-state index < -0.39 is 11.8 Å². The minimum Gasteiger partial charge on any atom is -0.477 e. The van der Waals surface area contributed by atoms with Gasteiger partial charge in [-0.05, 0) is 73.7 Å². The molecule has 0 saturated heterocycles.